The van der Waals surface area contributed by atoms with Crippen LogP contribution in [0.2, 0.25) is 0 Å². The summed E-state index contributed by atoms with van der Waals surface area (Å²) in [6.45, 7) is 12.3. The van der Waals surface area contributed by atoms with E-state index in [9.17, 15) is 0 Å². The average molecular weight is 505 g/mol. The van der Waals surface area contributed by atoms with Crippen LogP contribution < -0.4 is 0 Å². The van der Waals surface area contributed by atoms with Gasteiger partial charge in [0.15, 0.2) is 11.6 Å². The number of hydrogen-bond acceptors (Lipinski definition) is 10. The Labute approximate surface area is 210 Å². The Hall–Kier alpha value is -3.38. The van der Waals surface area contributed by atoms with Crippen LogP contribution in [0.1, 0.15) is 75.8 Å². The number of likely N-dealkylation sites (N-methyl/N-ethyl adjacent to an activating group) is 2. The Bertz CT molecular complexity index is 987. The minimum Gasteiger partial charge on any atom is -0.473 e. The molecule has 2 aromatic rings. The molecule has 0 atom stereocenters. The van der Waals surface area contributed by atoms with Crippen LogP contribution in [-0.2, 0) is 9.59 Å². The van der Waals surface area contributed by atoms with Crippen molar-refractivity contribution in [1.82, 2.24) is 30.1 Å². The molecule has 0 aromatic carbocycles. The fraction of sp³-hybridized carbons (Fsp3) is 0.583. The molecule has 4 rings (SSSR count). The van der Waals surface area contributed by atoms with Gasteiger partial charge in [0.05, 0.1) is 0 Å². The molecule has 0 radical (unpaired) electrons. The van der Waals surface area contributed by atoms with Crippen LogP contribution in [0.4, 0.5) is 0 Å². The molecule has 2 aromatic heterocycles. The van der Waals surface area contributed by atoms with Gasteiger partial charge in [-0.2, -0.15) is 9.97 Å². The lowest BCUT2D eigenvalue weighted by Crippen LogP contribution is -2.25. The summed E-state index contributed by atoms with van der Waals surface area (Å²) in [7, 11) is 4.21. The van der Waals surface area contributed by atoms with Crippen molar-refractivity contribution >= 4 is 23.1 Å². The van der Waals surface area contributed by atoms with Gasteiger partial charge in [0.25, 0.3) is 11.8 Å². The van der Waals surface area contributed by atoms with Crippen LogP contribution >= 0.6 is 0 Å². The average Bonchev–Trinajstić information content (AvgIpc) is 3.51. The second-order valence-corrected chi connectivity index (χ2v) is 9.35. The largest absolute Gasteiger partial charge is 0.473 e. The van der Waals surface area contributed by atoms with Crippen LogP contribution in [0.3, 0.4) is 0 Å². The third-order valence-corrected chi connectivity index (χ3v) is 5.33. The number of rotatable bonds is 4. The molecule has 2 N–H and O–H groups in total. The van der Waals surface area contributed by atoms with E-state index in [0.29, 0.717) is 23.6 Å². The zero-order valence-electron chi connectivity index (χ0n) is 21.8. The summed E-state index contributed by atoms with van der Waals surface area (Å²) in [5.74, 6) is -0.0485. The molecular weight excluding hydrogens is 468 g/mol. The van der Waals surface area contributed by atoms with Gasteiger partial charge in [-0.1, -0.05) is 50.2 Å². The number of hydrogen-bond donors (Lipinski definition) is 2. The Kier molecular flexibility index (Phi) is 10.9. The number of carbonyl (C=O) groups is 2. The monoisotopic (exact) mass is 504 g/mol. The summed E-state index contributed by atoms with van der Waals surface area (Å²) >= 11 is 0. The molecule has 36 heavy (non-hydrogen) atoms. The van der Waals surface area contributed by atoms with Gasteiger partial charge in [-0.25, -0.2) is 9.59 Å². The maximum Gasteiger partial charge on any atom is 0.414 e. The Balaban J connectivity index is 0.000000208. The van der Waals surface area contributed by atoms with Crippen LogP contribution in [0.5, 0.6) is 0 Å². The molecule has 0 aliphatic carbocycles. The molecule has 0 saturated carbocycles. The molecule has 0 fully saturated rings. The van der Waals surface area contributed by atoms with Gasteiger partial charge in [-0.3, -0.25) is 0 Å². The molecule has 4 heterocycles. The molecule has 2 aliphatic rings. The molecular formula is C24H36N6O6. The molecule has 0 bridgehead atoms. The number of aromatic nitrogens is 4. The van der Waals surface area contributed by atoms with E-state index in [1.807, 2.05) is 0 Å². The van der Waals surface area contributed by atoms with Crippen LogP contribution in [0.15, 0.2) is 21.2 Å². The summed E-state index contributed by atoms with van der Waals surface area (Å²) < 4.78 is 10.5. The van der Waals surface area contributed by atoms with E-state index >= 15 is 0 Å². The standard InChI is InChI=1S/2C11H17N3O.C2H2O4/c2*1-8(2)10-12-11(15-13-10)9-5-4-6-14(3)7-9;3-1(4)2(5)6/h2*5,8H,4,6-7H2,1-3H3;(H,3,4)(H,5,6). The second-order valence-electron chi connectivity index (χ2n) is 9.35. The number of nitrogens with zero attached hydrogens (tertiary/aromatic N) is 6. The van der Waals surface area contributed by atoms with Gasteiger partial charge >= 0.3 is 11.9 Å². The lowest BCUT2D eigenvalue weighted by Gasteiger charge is -2.20. The zero-order chi connectivity index (χ0) is 26.8. The molecule has 12 heteroatoms. The molecule has 198 valence electrons. The summed E-state index contributed by atoms with van der Waals surface area (Å²) in [5.41, 5.74) is 2.31. The minimum atomic E-state index is -1.82. The van der Waals surface area contributed by atoms with Crippen molar-refractivity contribution < 1.29 is 28.8 Å². The third kappa shape index (κ3) is 9.00. The first-order valence-electron chi connectivity index (χ1n) is 11.9. The van der Waals surface area contributed by atoms with Gasteiger partial charge in [0.2, 0.25) is 0 Å². The highest BCUT2D eigenvalue weighted by Gasteiger charge is 2.18. The van der Waals surface area contributed by atoms with E-state index < -0.39 is 11.9 Å². The first kappa shape index (κ1) is 28.9. The van der Waals surface area contributed by atoms with E-state index in [4.69, 9.17) is 28.8 Å². The highest BCUT2D eigenvalue weighted by atomic mass is 16.5. The van der Waals surface area contributed by atoms with Gasteiger partial charge < -0.3 is 29.1 Å². The fourth-order valence-corrected chi connectivity index (χ4v) is 3.30. The molecule has 2 aliphatic heterocycles. The SMILES string of the molecule is CC(C)c1noc(C2=CCCN(C)C2)n1.CC(C)c1noc(C2=CCCN(C)C2)n1.O=C(O)C(=O)O. The van der Waals surface area contributed by atoms with E-state index in [-0.39, 0.29) is 0 Å². The number of carboxylic acid groups (broad SMARTS) is 2. The first-order valence-corrected chi connectivity index (χ1v) is 11.9. The van der Waals surface area contributed by atoms with E-state index in [2.05, 4.69) is 84.0 Å². The highest BCUT2D eigenvalue weighted by molar-refractivity contribution is 6.27. The van der Waals surface area contributed by atoms with Crippen molar-refractivity contribution in [2.24, 2.45) is 0 Å². The normalized spacial score (nSPS) is 16.4. The summed E-state index contributed by atoms with van der Waals surface area (Å²) in [6, 6.07) is 0. The predicted molar refractivity (Wildman–Crippen MR) is 132 cm³/mol. The van der Waals surface area contributed by atoms with Crippen molar-refractivity contribution in [2.45, 2.75) is 52.4 Å². The fourth-order valence-electron chi connectivity index (χ4n) is 3.30. The smallest absolute Gasteiger partial charge is 0.414 e. The van der Waals surface area contributed by atoms with Crippen molar-refractivity contribution in [3.63, 3.8) is 0 Å². The maximum absolute atomic E-state index is 9.10. The summed E-state index contributed by atoms with van der Waals surface area (Å²) in [5, 5.41) is 22.7. The second kappa shape index (κ2) is 13.6. The molecule has 0 unspecified atom stereocenters. The third-order valence-electron chi connectivity index (χ3n) is 5.33. The number of carboxylic acids is 2. The quantitative estimate of drug-likeness (QED) is 0.587. The molecule has 0 amide bonds. The van der Waals surface area contributed by atoms with Crippen LogP contribution in [0.25, 0.3) is 11.1 Å². The highest BCUT2D eigenvalue weighted by Crippen LogP contribution is 2.21. The van der Waals surface area contributed by atoms with E-state index in [0.717, 1.165) is 61.8 Å². The van der Waals surface area contributed by atoms with Gasteiger partial charge in [0.1, 0.15) is 0 Å². The van der Waals surface area contributed by atoms with Gasteiger partial charge in [0, 0.05) is 49.2 Å². The lowest BCUT2D eigenvalue weighted by atomic mass is 10.1. The topological polar surface area (TPSA) is 159 Å². The molecule has 0 saturated heterocycles. The van der Waals surface area contributed by atoms with Crippen molar-refractivity contribution in [3.05, 3.63) is 35.6 Å². The number of aliphatic carboxylic acids is 2. The molecule has 12 nitrogen and oxygen atoms in total. The minimum absolute atomic E-state index is 0.324. The zero-order valence-corrected chi connectivity index (χ0v) is 21.8. The van der Waals surface area contributed by atoms with E-state index in [1.165, 1.54) is 0 Å². The van der Waals surface area contributed by atoms with Crippen molar-refractivity contribution in [3.8, 4) is 0 Å². The Morgan fingerprint density at radius 2 is 1.14 bits per heavy atom. The van der Waals surface area contributed by atoms with Crippen molar-refractivity contribution in [1.29, 1.82) is 0 Å². The summed E-state index contributed by atoms with van der Waals surface area (Å²) in [4.78, 5) is 31.5. The lowest BCUT2D eigenvalue weighted by molar-refractivity contribution is -0.159. The van der Waals surface area contributed by atoms with Gasteiger partial charge in [-0.05, 0) is 26.9 Å². The first-order chi connectivity index (χ1) is 17.0. The van der Waals surface area contributed by atoms with E-state index in [1.54, 1.807) is 0 Å². The summed E-state index contributed by atoms with van der Waals surface area (Å²) in [6.07, 6.45) is 6.51. The van der Waals surface area contributed by atoms with Crippen LogP contribution in [-0.4, -0.2) is 92.5 Å². The van der Waals surface area contributed by atoms with Crippen LogP contribution in [0, 0.1) is 0 Å². The predicted octanol–water partition coefficient (Wildman–Crippen LogP) is 2.98. The Morgan fingerprint density at radius 1 is 0.778 bits per heavy atom. The molecule has 0 spiro atoms. The maximum atomic E-state index is 9.10. The van der Waals surface area contributed by atoms with Gasteiger partial charge in [-0.15, -0.1) is 0 Å². The van der Waals surface area contributed by atoms with Crippen molar-refractivity contribution in [2.75, 3.05) is 40.3 Å². The Morgan fingerprint density at radius 3 is 1.39 bits per heavy atom.